The van der Waals surface area contributed by atoms with E-state index in [1.54, 1.807) is 6.92 Å². The molecule has 0 aromatic heterocycles. The molecule has 1 nitrogen and oxygen atoms in total. The van der Waals surface area contributed by atoms with E-state index in [0.29, 0.717) is 12.8 Å². The molecule has 1 unspecified atom stereocenters. The first-order chi connectivity index (χ1) is 4.99. The first kappa shape index (κ1) is 10.8. The third-order valence-electron chi connectivity index (χ3n) is 1.48. The van der Waals surface area contributed by atoms with Gasteiger partial charge in [-0.25, -0.2) is 0 Å². The zero-order valence-electron chi connectivity index (χ0n) is 6.49. The Morgan fingerprint density at radius 3 is 2.18 bits per heavy atom. The summed E-state index contributed by atoms with van der Waals surface area (Å²) >= 11 is 0. The maximum atomic E-state index is 11.7. The topological polar surface area (TPSA) is 20.2 Å². The van der Waals surface area contributed by atoms with E-state index >= 15 is 0 Å². The van der Waals surface area contributed by atoms with Crippen LogP contribution in [0.25, 0.3) is 0 Å². The smallest absolute Gasteiger partial charge is 0.389 e. The highest BCUT2D eigenvalue weighted by Gasteiger charge is 2.30. The fraction of sp³-hybridized carbons (Fsp3) is 1.00. The Bertz CT molecular complexity index is 100. The zero-order chi connectivity index (χ0) is 8.91. The van der Waals surface area contributed by atoms with Gasteiger partial charge in [0.15, 0.2) is 0 Å². The zero-order valence-corrected chi connectivity index (χ0v) is 6.49. The second-order valence-corrected chi connectivity index (χ2v) is 2.66. The molecule has 11 heavy (non-hydrogen) atoms. The van der Waals surface area contributed by atoms with Crippen molar-refractivity contribution in [1.82, 2.24) is 0 Å². The van der Waals surface area contributed by atoms with Gasteiger partial charge in [0.25, 0.3) is 0 Å². The van der Waals surface area contributed by atoms with E-state index in [4.69, 9.17) is 5.11 Å². The van der Waals surface area contributed by atoms with Crippen molar-refractivity contribution in [3.63, 3.8) is 0 Å². The van der Waals surface area contributed by atoms with E-state index in [9.17, 15) is 13.2 Å². The molecule has 0 fully saturated rings. The molecule has 0 spiro atoms. The maximum Gasteiger partial charge on any atom is 0.389 e. The van der Waals surface area contributed by atoms with Crippen LogP contribution in [0.4, 0.5) is 13.2 Å². The standard InChI is InChI=1S/C7H13F3O/c1-2-3-6(5-11)4-7(8,9)10/h6,11H,2-5H2,1H3. The van der Waals surface area contributed by atoms with Gasteiger partial charge < -0.3 is 5.11 Å². The van der Waals surface area contributed by atoms with E-state index in [1.165, 1.54) is 0 Å². The fourth-order valence-electron chi connectivity index (χ4n) is 0.993. The number of hydrogen-bond donors (Lipinski definition) is 1. The monoisotopic (exact) mass is 170 g/mol. The normalized spacial score (nSPS) is 15.0. The van der Waals surface area contributed by atoms with Crippen LogP contribution in [0.5, 0.6) is 0 Å². The van der Waals surface area contributed by atoms with Gasteiger partial charge in [-0.3, -0.25) is 0 Å². The van der Waals surface area contributed by atoms with Crippen LogP contribution in [-0.4, -0.2) is 17.9 Å². The molecule has 1 atom stereocenters. The van der Waals surface area contributed by atoms with Crippen LogP contribution < -0.4 is 0 Å². The molecular weight excluding hydrogens is 157 g/mol. The Balaban J connectivity index is 3.68. The van der Waals surface area contributed by atoms with Crippen molar-refractivity contribution in [3.8, 4) is 0 Å². The highest BCUT2D eigenvalue weighted by molar-refractivity contribution is 4.62. The van der Waals surface area contributed by atoms with Crippen LogP contribution in [0, 0.1) is 5.92 Å². The Kier molecular flexibility index (Phi) is 4.49. The molecule has 0 bridgehead atoms. The van der Waals surface area contributed by atoms with Crippen LogP contribution in [0.1, 0.15) is 26.2 Å². The number of aliphatic hydroxyl groups is 1. The second-order valence-electron chi connectivity index (χ2n) is 2.66. The van der Waals surface area contributed by atoms with E-state index in [0.717, 1.165) is 0 Å². The minimum atomic E-state index is -4.14. The summed E-state index contributed by atoms with van der Waals surface area (Å²) in [6.07, 6.45) is -3.88. The lowest BCUT2D eigenvalue weighted by Gasteiger charge is -2.14. The third-order valence-corrected chi connectivity index (χ3v) is 1.48. The summed E-state index contributed by atoms with van der Waals surface area (Å²) < 4.78 is 35.1. The second kappa shape index (κ2) is 4.59. The van der Waals surface area contributed by atoms with Crippen molar-refractivity contribution in [2.45, 2.75) is 32.4 Å². The van der Waals surface area contributed by atoms with Crippen LogP contribution in [-0.2, 0) is 0 Å². The summed E-state index contributed by atoms with van der Waals surface area (Å²) in [5, 5.41) is 8.52. The molecule has 0 radical (unpaired) electrons. The highest BCUT2D eigenvalue weighted by atomic mass is 19.4. The quantitative estimate of drug-likeness (QED) is 0.686. The summed E-state index contributed by atoms with van der Waals surface area (Å²) in [6.45, 7) is 1.44. The van der Waals surface area contributed by atoms with Gasteiger partial charge in [-0.15, -0.1) is 0 Å². The van der Waals surface area contributed by atoms with E-state index in [2.05, 4.69) is 0 Å². The number of rotatable bonds is 4. The first-order valence-corrected chi connectivity index (χ1v) is 3.67. The van der Waals surface area contributed by atoms with Gasteiger partial charge in [-0.05, 0) is 12.3 Å². The van der Waals surface area contributed by atoms with Crippen molar-refractivity contribution < 1.29 is 18.3 Å². The summed E-state index contributed by atoms with van der Waals surface area (Å²) in [5.74, 6) is -0.611. The molecule has 0 saturated heterocycles. The van der Waals surface area contributed by atoms with Crippen molar-refractivity contribution in [2.75, 3.05) is 6.61 Å². The number of halogens is 3. The molecular formula is C7H13F3O. The molecule has 0 amide bonds. The minimum absolute atomic E-state index is 0.368. The van der Waals surface area contributed by atoms with Crippen LogP contribution in [0.3, 0.4) is 0 Å². The van der Waals surface area contributed by atoms with Crippen molar-refractivity contribution >= 4 is 0 Å². The molecule has 0 heterocycles. The summed E-state index contributed by atoms with van der Waals surface area (Å²) in [5.41, 5.74) is 0. The Morgan fingerprint density at radius 1 is 1.36 bits per heavy atom. The predicted molar refractivity (Wildman–Crippen MR) is 36.2 cm³/mol. The minimum Gasteiger partial charge on any atom is -0.396 e. The van der Waals surface area contributed by atoms with E-state index < -0.39 is 18.5 Å². The molecule has 0 saturated carbocycles. The molecule has 68 valence electrons. The highest BCUT2D eigenvalue weighted by Crippen LogP contribution is 2.26. The summed E-state index contributed by atoms with van der Waals surface area (Å²) in [4.78, 5) is 0. The van der Waals surface area contributed by atoms with Gasteiger partial charge in [-0.2, -0.15) is 13.2 Å². The number of alkyl halides is 3. The average molecular weight is 170 g/mol. The van der Waals surface area contributed by atoms with Crippen molar-refractivity contribution in [3.05, 3.63) is 0 Å². The molecule has 0 rings (SSSR count). The Morgan fingerprint density at radius 2 is 1.91 bits per heavy atom. The van der Waals surface area contributed by atoms with E-state index in [1.807, 2.05) is 0 Å². The molecule has 0 aromatic rings. The van der Waals surface area contributed by atoms with Gasteiger partial charge in [-0.1, -0.05) is 13.3 Å². The van der Waals surface area contributed by atoms with Gasteiger partial charge in [0.1, 0.15) is 0 Å². The first-order valence-electron chi connectivity index (χ1n) is 3.67. The molecule has 0 aliphatic carbocycles. The lowest BCUT2D eigenvalue weighted by Crippen LogP contribution is -2.17. The van der Waals surface area contributed by atoms with E-state index in [-0.39, 0.29) is 6.61 Å². The fourth-order valence-corrected chi connectivity index (χ4v) is 0.993. The largest absolute Gasteiger partial charge is 0.396 e. The predicted octanol–water partition coefficient (Wildman–Crippen LogP) is 2.35. The Hall–Kier alpha value is -0.250. The summed E-state index contributed by atoms with van der Waals surface area (Å²) in [6, 6.07) is 0. The lowest BCUT2D eigenvalue weighted by atomic mass is 10.0. The van der Waals surface area contributed by atoms with Gasteiger partial charge in [0.05, 0.1) is 0 Å². The van der Waals surface area contributed by atoms with Gasteiger partial charge in [0.2, 0.25) is 0 Å². The number of aliphatic hydroxyl groups excluding tert-OH is 1. The summed E-state index contributed by atoms with van der Waals surface area (Å²) in [7, 11) is 0. The van der Waals surface area contributed by atoms with Gasteiger partial charge in [0, 0.05) is 13.0 Å². The molecule has 0 aliphatic rings. The molecule has 0 aliphatic heterocycles. The van der Waals surface area contributed by atoms with Crippen molar-refractivity contribution in [2.24, 2.45) is 5.92 Å². The third kappa shape index (κ3) is 6.16. The molecule has 4 heteroatoms. The lowest BCUT2D eigenvalue weighted by molar-refractivity contribution is -0.147. The van der Waals surface area contributed by atoms with Gasteiger partial charge >= 0.3 is 6.18 Å². The van der Waals surface area contributed by atoms with Crippen LogP contribution >= 0.6 is 0 Å². The average Bonchev–Trinajstić information content (AvgIpc) is 1.84. The van der Waals surface area contributed by atoms with Crippen LogP contribution in [0.15, 0.2) is 0 Å². The Labute approximate surface area is 64.2 Å². The van der Waals surface area contributed by atoms with Crippen molar-refractivity contribution in [1.29, 1.82) is 0 Å². The van der Waals surface area contributed by atoms with Crippen LogP contribution in [0.2, 0.25) is 0 Å². The SMILES string of the molecule is CCCC(CO)CC(F)(F)F. The maximum absolute atomic E-state index is 11.7. The molecule has 0 aromatic carbocycles. The molecule has 1 N–H and O–H groups in total. The number of hydrogen-bond acceptors (Lipinski definition) is 1.